The van der Waals surface area contributed by atoms with Crippen LogP contribution in [-0.2, 0) is 7.05 Å². The first-order valence-corrected chi connectivity index (χ1v) is 7.82. The Morgan fingerprint density at radius 3 is 2.62 bits per heavy atom. The van der Waals surface area contributed by atoms with Gasteiger partial charge in [-0.3, -0.25) is 4.79 Å². The maximum atomic E-state index is 12.8. The Morgan fingerprint density at radius 1 is 1.15 bits per heavy atom. The fraction of sp³-hybridized carbons (Fsp3) is 0.125. The molecular formula is C16H15N9O. The van der Waals surface area contributed by atoms with Crippen molar-refractivity contribution in [2.75, 3.05) is 5.32 Å². The van der Waals surface area contributed by atoms with Gasteiger partial charge in [-0.2, -0.15) is 10.2 Å². The molecule has 3 heterocycles. The first-order valence-electron chi connectivity index (χ1n) is 7.82. The molecule has 0 bridgehead atoms. The summed E-state index contributed by atoms with van der Waals surface area (Å²) < 4.78 is 4.79. The number of hydrogen-bond acceptors (Lipinski definition) is 6. The number of rotatable bonds is 4. The average Bonchev–Trinajstić information content (AvgIpc) is 3.36. The molecule has 0 atom stereocenters. The zero-order chi connectivity index (χ0) is 18.1. The van der Waals surface area contributed by atoms with Gasteiger partial charge in [-0.15, -0.1) is 5.10 Å². The van der Waals surface area contributed by atoms with E-state index in [1.807, 2.05) is 12.1 Å². The molecule has 4 aromatic rings. The minimum atomic E-state index is -0.253. The van der Waals surface area contributed by atoms with E-state index in [1.165, 1.54) is 11.0 Å². The maximum Gasteiger partial charge on any atom is 0.261 e. The molecule has 1 amide bonds. The molecule has 10 heteroatoms. The van der Waals surface area contributed by atoms with Crippen molar-refractivity contribution in [3.63, 3.8) is 0 Å². The Morgan fingerprint density at radius 2 is 1.96 bits per heavy atom. The van der Waals surface area contributed by atoms with Gasteiger partial charge < -0.3 is 5.32 Å². The highest BCUT2D eigenvalue weighted by Crippen LogP contribution is 2.20. The van der Waals surface area contributed by atoms with Gasteiger partial charge in [-0.1, -0.05) is 0 Å². The summed E-state index contributed by atoms with van der Waals surface area (Å²) in [6, 6.07) is 9.00. The second kappa shape index (κ2) is 6.24. The lowest BCUT2D eigenvalue weighted by atomic mass is 10.2. The Hall–Kier alpha value is -3.82. The van der Waals surface area contributed by atoms with Gasteiger partial charge in [0.15, 0.2) is 5.82 Å². The summed E-state index contributed by atoms with van der Waals surface area (Å²) in [7, 11) is 1.78. The summed E-state index contributed by atoms with van der Waals surface area (Å²) in [4.78, 5) is 12.8. The number of aryl methyl sites for hydroxylation is 2. The van der Waals surface area contributed by atoms with Crippen LogP contribution >= 0.6 is 0 Å². The van der Waals surface area contributed by atoms with E-state index in [-0.39, 0.29) is 5.91 Å². The molecule has 26 heavy (non-hydrogen) atoms. The van der Waals surface area contributed by atoms with Crippen molar-refractivity contribution in [3.05, 3.63) is 60.3 Å². The molecule has 1 aromatic carbocycles. The first kappa shape index (κ1) is 15.7. The zero-order valence-electron chi connectivity index (χ0n) is 14.1. The fourth-order valence-corrected chi connectivity index (χ4v) is 2.74. The molecule has 0 saturated carbocycles. The molecule has 130 valence electrons. The highest BCUT2D eigenvalue weighted by atomic mass is 16.1. The van der Waals surface area contributed by atoms with Gasteiger partial charge in [-0.25, -0.2) is 14.0 Å². The molecule has 1 N–H and O–H groups in total. The highest BCUT2D eigenvalue weighted by molar-refractivity contribution is 6.07. The van der Waals surface area contributed by atoms with Gasteiger partial charge in [0.05, 0.1) is 11.4 Å². The minimum absolute atomic E-state index is 0.253. The molecule has 0 saturated heterocycles. The number of carbonyl (C=O) groups is 1. The largest absolute Gasteiger partial charge is 0.322 e. The van der Waals surface area contributed by atoms with Crippen LogP contribution in [0.1, 0.15) is 16.1 Å². The molecule has 4 rings (SSSR count). The predicted molar refractivity (Wildman–Crippen MR) is 92.2 cm³/mol. The van der Waals surface area contributed by atoms with Crippen molar-refractivity contribution in [3.8, 4) is 11.5 Å². The smallest absolute Gasteiger partial charge is 0.261 e. The molecule has 0 aliphatic rings. The van der Waals surface area contributed by atoms with Gasteiger partial charge in [0.25, 0.3) is 5.91 Å². The Labute approximate surface area is 148 Å². The normalized spacial score (nSPS) is 10.8. The van der Waals surface area contributed by atoms with E-state index in [2.05, 4.69) is 31.0 Å². The van der Waals surface area contributed by atoms with Crippen molar-refractivity contribution in [2.24, 2.45) is 7.05 Å². The third-order valence-electron chi connectivity index (χ3n) is 3.88. The molecule has 0 unspecified atom stereocenters. The van der Waals surface area contributed by atoms with Gasteiger partial charge in [0.1, 0.15) is 11.9 Å². The van der Waals surface area contributed by atoms with Gasteiger partial charge in [0, 0.05) is 25.1 Å². The third kappa shape index (κ3) is 2.73. The molecule has 0 aliphatic heterocycles. The van der Waals surface area contributed by atoms with E-state index in [0.29, 0.717) is 22.8 Å². The summed E-state index contributed by atoms with van der Waals surface area (Å²) in [5.74, 6) is 0.353. The molecule has 10 nitrogen and oxygen atoms in total. The van der Waals surface area contributed by atoms with E-state index in [4.69, 9.17) is 0 Å². The Balaban J connectivity index is 1.61. The second-order valence-corrected chi connectivity index (χ2v) is 5.61. The molecule has 0 aliphatic carbocycles. The van der Waals surface area contributed by atoms with Crippen LogP contribution in [0.2, 0.25) is 0 Å². The van der Waals surface area contributed by atoms with Crippen LogP contribution in [0.5, 0.6) is 0 Å². The van der Waals surface area contributed by atoms with Gasteiger partial charge in [0.2, 0.25) is 0 Å². The summed E-state index contributed by atoms with van der Waals surface area (Å²) in [6.07, 6.45) is 4.93. The number of nitrogens with one attached hydrogen (secondary N) is 1. The van der Waals surface area contributed by atoms with Crippen molar-refractivity contribution >= 4 is 11.6 Å². The summed E-state index contributed by atoms with van der Waals surface area (Å²) in [5.41, 5.74) is 2.55. The van der Waals surface area contributed by atoms with Crippen LogP contribution in [0.4, 0.5) is 5.69 Å². The van der Waals surface area contributed by atoms with Gasteiger partial charge >= 0.3 is 0 Å². The number of amides is 1. The van der Waals surface area contributed by atoms with E-state index in [0.717, 1.165) is 5.69 Å². The average molecular weight is 349 g/mol. The van der Waals surface area contributed by atoms with Crippen LogP contribution < -0.4 is 5.32 Å². The molecule has 0 spiro atoms. The lowest BCUT2D eigenvalue weighted by Gasteiger charge is -2.08. The van der Waals surface area contributed by atoms with Crippen molar-refractivity contribution in [2.45, 2.75) is 6.92 Å². The topological polar surface area (TPSA) is 108 Å². The highest BCUT2D eigenvalue weighted by Gasteiger charge is 2.22. The number of anilines is 1. The Kier molecular flexibility index (Phi) is 3.77. The quantitative estimate of drug-likeness (QED) is 0.592. The summed E-state index contributed by atoms with van der Waals surface area (Å²) in [6.45, 7) is 1.79. The van der Waals surface area contributed by atoms with Crippen LogP contribution in [0, 0.1) is 6.92 Å². The number of benzene rings is 1. The minimum Gasteiger partial charge on any atom is -0.322 e. The van der Waals surface area contributed by atoms with Crippen LogP contribution in [-0.4, -0.2) is 45.7 Å². The Bertz CT molecular complexity index is 1030. The molecule has 3 aromatic heterocycles. The van der Waals surface area contributed by atoms with E-state index in [1.54, 1.807) is 53.9 Å². The summed E-state index contributed by atoms with van der Waals surface area (Å²) in [5, 5.41) is 22.5. The predicted octanol–water partition coefficient (Wildman–Crippen LogP) is 1.14. The summed E-state index contributed by atoms with van der Waals surface area (Å²) >= 11 is 0. The second-order valence-electron chi connectivity index (χ2n) is 5.61. The number of nitrogens with zero attached hydrogens (tertiary/aromatic N) is 8. The maximum absolute atomic E-state index is 12.8. The van der Waals surface area contributed by atoms with Crippen LogP contribution in [0.25, 0.3) is 11.5 Å². The lowest BCUT2D eigenvalue weighted by molar-refractivity contribution is 0.102. The monoisotopic (exact) mass is 349 g/mol. The van der Waals surface area contributed by atoms with Crippen molar-refractivity contribution < 1.29 is 4.79 Å². The van der Waals surface area contributed by atoms with E-state index in [9.17, 15) is 4.79 Å². The van der Waals surface area contributed by atoms with Crippen LogP contribution in [0.3, 0.4) is 0 Å². The third-order valence-corrected chi connectivity index (χ3v) is 3.88. The first-order chi connectivity index (χ1) is 12.6. The SMILES string of the molecule is Cc1nn(C)c(-n2cccn2)c1C(=O)Nc1ccc(-n2cnnn2)cc1. The van der Waals surface area contributed by atoms with Crippen molar-refractivity contribution in [1.82, 2.24) is 39.8 Å². The zero-order valence-corrected chi connectivity index (χ0v) is 14.1. The number of tetrazole rings is 1. The molecular weight excluding hydrogens is 334 g/mol. The van der Waals surface area contributed by atoms with Gasteiger partial charge in [-0.05, 0) is 47.7 Å². The van der Waals surface area contributed by atoms with E-state index >= 15 is 0 Å². The van der Waals surface area contributed by atoms with Crippen molar-refractivity contribution in [1.29, 1.82) is 0 Å². The molecule has 0 radical (unpaired) electrons. The lowest BCUT2D eigenvalue weighted by Crippen LogP contribution is -2.16. The fourth-order valence-electron chi connectivity index (χ4n) is 2.74. The van der Waals surface area contributed by atoms with E-state index < -0.39 is 0 Å². The molecule has 0 fully saturated rings. The van der Waals surface area contributed by atoms with Crippen LogP contribution in [0.15, 0.2) is 49.1 Å². The number of aromatic nitrogens is 8. The number of carbonyl (C=O) groups excluding carboxylic acids is 1. The number of hydrogen-bond donors (Lipinski definition) is 1. The standard InChI is InChI=1S/C16H15N9O/c1-11-14(16(23(2)20-11)24-9-3-8-18-24)15(26)19-12-4-6-13(7-5-12)25-10-17-21-22-25/h3-10H,1-2H3,(H,19,26).